The number of hydrogen-bond acceptors (Lipinski definition) is 6. The maximum atomic E-state index is 12.7. The first-order valence-corrected chi connectivity index (χ1v) is 10.8. The summed E-state index contributed by atoms with van der Waals surface area (Å²) in [7, 11) is 0. The predicted molar refractivity (Wildman–Crippen MR) is 117 cm³/mol. The van der Waals surface area contributed by atoms with Crippen LogP contribution in [0.5, 0.6) is 0 Å². The molecule has 0 spiro atoms. The molecule has 0 radical (unpaired) electrons. The van der Waals surface area contributed by atoms with Gasteiger partial charge in [-0.25, -0.2) is 0 Å². The van der Waals surface area contributed by atoms with E-state index >= 15 is 0 Å². The number of carbonyl (C=O) groups excluding carboxylic acids is 4. The summed E-state index contributed by atoms with van der Waals surface area (Å²) < 4.78 is 5.26. The molecule has 0 bridgehead atoms. The number of ketones is 2. The van der Waals surface area contributed by atoms with Crippen molar-refractivity contribution in [3.63, 3.8) is 0 Å². The van der Waals surface area contributed by atoms with Crippen LogP contribution in [0, 0.1) is 17.8 Å². The molecule has 1 aromatic rings. The number of rotatable bonds is 14. The highest BCUT2D eigenvalue weighted by Gasteiger charge is 2.30. The molecule has 0 aliphatic carbocycles. The molecule has 1 aromatic carbocycles. The third kappa shape index (κ3) is 9.41. The molecule has 0 fully saturated rings. The van der Waals surface area contributed by atoms with E-state index in [1.54, 1.807) is 20.8 Å². The van der Waals surface area contributed by atoms with E-state index in [4.69, 9.17) is 9.84 Å². The second-order valence-electron chi connectivity index (χ2n) is 8.22. The average molecular weight is 448 g/mol. The SMILES string of the molecule is CCC(=O)C(CC(=O)O)CC(=O)C(C)NC(=O)C(CC(=O)OCc1ccccc1)C(C)C. The highest BCUT2D eigenvalue weighted by Crippen LogP contribution is 2.18. The summed E-state index contributed by atoms with van der Waals surface area (Å²) >= 11 is 0. The zero-order chi connectivity index (χ0) is 24.3. The second kappa shape index (κ2) is 13.4. The van der Waals surface area contributed by atoms with Crippen LogP contribution in [-0.4, -0.2) is 40.6 Å². The first-order chi connectivity index (χ1) is 15.0. The van der Waals surface area contributed by atoms with Crippen LogP contribution in [0.2, 0.25) is 0 Å². The first-order valence-electron chi connectivity index (χ1n) is 10.8. The van der Waals surface area contributed by atoms with Gasteiger partial charge in [0.25, 0.3) is 0 Å². The molecule has 2 N–H and O–H groups in total. The molecule has 1 rings (SSSR count). The number of ether oxygens (including phenoxy) is 1. The van der Waals surface area contributed by atoms with E-state index in [1.165, 1.54) is 6.92 Å². The van der Waals surface area contributed by atoms with E-state index in [0.717, 1.165) is 5.56 Å². The molecule has 0 saturated heterocycles. The lowest BCUT2D eigenvalue weighted by atomic mass is 9.89. The van der Waals surface area contributed by atoms with Crippen molar-refractivity contribution in [1.29, 1.82) is 0 Å². The van der Waals surface area contributed by atoms with Crippen molar-refractivity contribution in [1.82, 2.24) is 5.32 Å². The Labute approximate surface area is 188 Å². The minimum Gasteiger partial charge on any atom is -0.481 e. The maximum absolute atomic E-state index is 12.7. The Morgan fingerprint density at radius 3 is 2.09 bits per heavy atom. The van der Waals surface area contributed by atoms with E-state index in [2.05, 4.69) is 5.32 Å². The van der Waals surface area contributed by atoms with Gasteiger partial charge in [0.15, 0.2) is 5.78 Å². The Morgan fingerprint density at radius 1 is 0.938 bits per heavy atom. The molecule has 8 heteroatoms. The molecule has 32 heavy (non-hydrogen) atoms. The van der Waals surface area contributed by atoms with Gasteiger partial charge in [0.2, 0.25) is 5.91 Å². The highest BCUT2D eigenvalue weighted by molar-refractivity contribution is 5.94. The molecule has 0 aliphatic heterocycles. The van der Waals surface area contributed by atoms with Crippen LogP contribution in [0.4, 0.5) is 0 Å². The fraction of sp³-hybridized carbons (Fsp3) is 0.542. The van der Waals surface area contributed by atoms with Crippen molar-refractivity contribution in [2.45, 2.75) is 66.0 Å². The number of amides is 1. The van der Waals surface area contributed by atoms with E-state index in [0.29, 0.717) is 0 Å². The van der Waals surface area contributed by atoms with Gasteiger partial charge in [-0.1, -0.05) is 51.1 Å². The summed E-state index contributed by atoms with van der Waals surface area (Å²) in [6.45, 7) is 6.79. The van der Waals surface area contributed by atoms with Crippen molar-refractivity contribution < 1.29 is 33.8 Å². The van der Waals surface area contributed by atoms with Crippen LogP contribution >= 0.6 is 0 Å². The fourth-order valence-corrected chi connectivity index (χ4v) is 3.23. The van der Waals surface area contributed by atoms with Gasteiger partial charge in [-0.2, -0.15) is 0 Å². The van der Waals surface area contributed by atoms with Gasteiger partial charge >= 0.3 is 11.9 Å². The van der Waals surface area contributed by atoms with Crippen LogP contribution in [0.15, 0.2) is 30.3 Å². The lowest BCUT2D eigenvalue weighted by Crippen LogP contribution is -2.44. The monoisotopic (exact) mass is 447 g/mol. The van der Waals surface area contributed by atoms with Gasteiger partial charge in [-0.05, 0) is 18.4 Å². The Kier molecular flexibility index (Phi) is 11.3. The number of esters is 1. The predicted octanol–water partition coefficient (Wildman–Crippen LogP) is 2.93. The molecule has 176 valence electrons. The molecule has 3 atom stereocenters. The standard InChI is InChI=1S/C24H33NO7/c1-5-20(26)18(12-22(28)29)11-21(27)16(4)25-24(31)19(15(2)3)13-23(30)32-14-17-9-7-6-8-10-17/h6-10,15-16,18-19H,5,11-14H2,1-4H3,(H,25,31)(H,28,29). The Hall–Kier alpha value is -3.03. The summed E-state index contributed by atoms with van der Waals surface area (Å²) in [5.41, 5.74) is 0.836. The van der Waals surface area contributed by atoms with E-state index in [-0.39, 0.29) is 37.6 Å². The van der Waals surface area contributed by atoms with E-state index < -0.39 is 47.9 Å². The quantitative estimate of drug-likeness (QED) is 0.420. The minimum atomic E-state index is -1.16. The zero-order valence-corrected chi connectivity index (χ0v) is 19.1. The second-order valence-corrected chi connectivity index (χ2v) is 8.22. The molecule has 8 nitrogen and oxygen atoms in total. The maximum Gasteiger partial charge on any atom is 0.306 e. The van der Waals surface area contributed by atoms with Crippen molar-refractivity contribution in [2.75, 3.05) is 0 Å². The van der Waals surface area contributed by atoms with Crippen LogP contribution in [0.1, 0.15) is 58.9 Å². The molecular weight excluding hydrogens is 414 g/mol. The van der Waals surface area contributed by atoms with Gasteiger partial charge in [0.1, 0.15) is 12.4 Å². The number of Topliss-reactive ketones (excluding diaryl/α,β-unsaturated/α-hetero) is 2. The van der Waals surface area contributed by atoms with E-state index in [9.17, 15) is 24.0 Å². The number of benzene rings is 1. The van der Waals surface area contributed by atoms with Crippen LogP contribution in [0.3, 0.4) is 0 Å². The number of carboxylic acid groups (broad SMARTS) is 1. The van der Waals surface area contributed by atoms with Crippen molar-refractivity contribution >= 4 is 29.4 Å². The molecule has 0 heterocycles. The van der Waals surface area contributed by atoms with Gasteiger partial charge in [0, 0.05) is 18.8 Å². The lowest BCUT2D eigenvalue weighted by molar-refractivity contribution is -0.149. The van der Waals surface area contributed by atoms with Crippen LogP contribution in [0.25, 0.3) is 0 Å². The van der Waals surface area contributed by atoms with Gasteiger partial charge in [-0.15, -0.1) is 0 Å². The van der Waals surface area contributed by atoms with Crippen molar-refractivity contribution in [2.24, 2.45) is 17.8 Å². The minimum absolute atomic E-state index is 0.109. The highest BCUT2D eigenvalue weighted by atomic mass is 16.5. The van der Waals surface area contributed by atoms with Crippen LogP contribution in [-0.2, 0) is 35.3 Å². The molecule has 3 unspecified atom stereocenters. The number of carboxylic acids is 1. The average Bonchev–Trinajstić information content (AvgIpc) is 2.74. The van der Waals surface area contributed by atoms with Gasteiger partial charge < -0.3 is 15.2 Å². The van der Waals surface area contributed by atoms with Crippen molar-refractivity contribution in [3.8, 4) is 0 Å². The molecule has 0 aliphatic rings. The Balaban J connectivity index is 2.67. The summed E-state index contributed by atoms with van der Waals surface area (Å²) in [6.07, 6.45) is -0.688. The topological polar surface area (TPSA) is 127 Å². The zero-order valence-electron chi connectivity index (χ0n) is 19.1. The summed E-state index contributed by atoms with van der Waals surface area (Å²) in [5, 5.41) is 11.6. The van der Waals surface area contributed by atoms with E-state index in [1.807, 2.05) is 30.3 Å². The third-order valence-corrected chi connectivity index (χ3v) is 5.28. The number of nitrogens with one attached hydrogen (secondary N) is 1. The number of hydrogen-bond donors (Lipinski definition) is 2. The largest absolute Gasteiger partial charge is 0.481 e. The van der Waals surface area contributed by atoms with Gasteiger partial charge in [0.05, 0.1) is 24.8 Å². The molecule has 1 amide bonds. The Bertz CT molecular complexity index is 804. The molecule has 0 aromatic heterocycles. The third-order valence-electron chi connectivity index (χ3n) is 5.28. The first kappa shape index (κ1) is 27.0. The van der Waals surface area contributed by atoms with Crippen molar-refractivity contribution in [3.05, 3.63) is 35.9 Å². The normalized spacial score (nSPS) is 13.7. The smallest absolute Gasteiger partial charge is 0.306 e. The number of aliphatic carboxylic acids is 1. The number of carbonyl (C=O) groups is 5. The Morgan fingerprint density at radius 2 is 1.56 bits per heavy atom. The van der Waals surface area contributed by atoms with Gasteiger partial charge in [-0.3, -0.25) is 24.0 Å². The summed E-state index contributed by atoms with van der Waals surface area (Å²) in [6, 6.07) is 8.27. The molecule has 0 saturated carbocycles. The fourth-order valence-electron chi connectivity index (χ4n) is 3.23. The molecular formula is C24H33NO7. The summed E-state index contributed by atoms with van der Waals surface area (Å²) in [5.74, 6) is -4.66. The summed E-state index contributed by atoms with van der Waals surface area (Å²) in [4.78, 5) is 60.4. The van der Waals surface area contributed by atoms with Crippen LogP contribution < -0.4 is 5.32 Å². The lowest BCUT2D eigenvalue weighted by Gasteiger charge is -2.23.